The third-order valence-corrected chi connectivity index (χ3v) is 22.9. The van der Waals surface area contributed by atoms with Crippen LogP contribution in [0.25, 0.3) is 0 Å². The Bertz CT molecular complexity index is 2060. The lowest BCUT2D eigenvalue weighted by atomic mass is 9.99. The van der Waals surface area contributed by atoms with E-state index in [0.717, 1.165) is 108 Å². The first kappa shape index (κ1) is 105. The van der Waals surface area contributed by atoms with Crippen molar-refractivity contribution in [2.24, 2.45) is 17.8 Å². The molecule has 17 nitrogen and oxygen atoms in total. The zero-order valence-corrected chi connectivity index (χ0v) is 72.4. The molecule has 0 aromatic carbocycles. The summed E-state index contributed by atoms with van der Waals surface area (Å²) in [6.07, 6.45) is 69.6. The number of carbonyl (C=O) groups is 4. The highest BCUT2D eigenvalue weighted by Gasteiger charge is 2.31. The maximum absolute atomic E-state index is 13.2. The summed E-state index contributed by atoms with van der Waals surface area (Å²) in [5.41, 5.74) is 0. The maximum atomic E-state index is 13.2. The topological polar surface area (TPSA) is 237 Å². The fourth-order valence-corrected chi connectivity index (χ4v) is 15.3. The first-order chi connectivity index (χ1) is 51.8. The van der Waals surface area contributed by atoms with Gasteiger partial charge in [0.1, 0.15) is 19.3 Å². The minimum Gasteiger partial charge on any atom is -0.462 e. The van der Waals surface area contributed by atoms with E-state index in [4.69, 9.17) is 37.0 Å². The number of aliphatic hydroxyl groups excluding tert-OH is 1. The number of phosphoric acid groups is 2. The monoisotopic (exact) mass is 1560 g/mol. The zero-order valence-electron chi connectivity index (χ0n) is 70.6. The Morgan fingerprint density at radius 2 is 0.477 bits per heavy atom. The number of ether oxygens (including phenoxy) is 4. The highest BCUT2D eigenvalue weighted by molar-refractivity contribution is 7.47. The lowest BCUT2D eigenvalue weighted by Gasteiger charge is -2.21. The standard InChI is InChI=1S/C88H172O17P2/c1-8-10-11-12-13-14-15-16-17-18-22-27-33-38-43-48-57-65-72-88(93)105-84(76-99-86(91)70-63-56-51-50-53-60-67-80(5)6)78-103-107(96,97)101-74-82(89)73-100-106(94,95)102-77-83(75-98-85(90)69-62-55-47-42-37-32-29-24-25-30-35-40-45-52-59-66-79(3)4)104-87(92)71-64-58-49-44-39-34-28-23-20-19-21-26-31-36-41-46-54-61-68-81(7)9-2/h79-84,89H,8-78H2,1-7H3,(H,94,95)(H,96,97)/t81?,82-,83-,84-/m1/s1. The summed E-state index contributed by atoms with van der Waals surface area (Å²) < 4.78 is 68.9. The summed E-state index contributed by atoms with van der Waals surface area (Å²) in [6.45, 7) is 12.0. The van der Waals surface area contributed by atoms with Crippen LogP contribution in [0.3, 0.4) is 0 Å². The number of rotatable bonds is 86. The van der Waals surface area contributed by atoms with Crippen molar-refractivity contribution < 1.29 is 80.2 Å². The second-order valence-electron chi connectivity index (χ2n) is 32.8. The molecule has 0 radical (unpaired) electrons. The van der Waals surface area contributed by atoms with E-state index < -0.39 is 97.5 Å². The Hall–Kier alpha value is -1.94. The molecule has 636 valence electrons. The molecular weight excluding hydrogens is 1390 g/mol. The molecule has 0 heterocycles. The molecule has 0 aliphatic carbocycles. The van der Waals surface area contributed by atoms with Gasteiger partial charge in [0.2, 0.25) is 0 Å². The number of phosphoric ester groups is 2. The summed E-state index contributed by atoms with van der Waals surface area (Å²) in [5.74, 6) is 0.252. The molecule has 3 N–H and O–H groups in total. The van der Waals surface area contributed by atoms with E-state index in [-0.39, 0.29) is 25.7 Å². The van der Waals surface area contributed by atoms with Crippen LogP contribution in [0.5, 0.6) is 0 Å². The van der Waals surface area contributed by atoms with Gasteiger partial charge in [-0.2, -0.15) is 0 Å². The van der Waals surface area contributed by atoms with E-state index in [2.05, 4.69) is 48.5 Å². The predicted octanol–water partition coefficient (Wildman–Crippen LogP) is 26.9. The number of unbranched alkanes of at least 4 members (excludes halogenated alkanes) is 53. The van der Waals surface area contributed by atoms with Crippen LogP contribution in [0.4, 0.5) is 0 Å². The molecule has 0 bridgehead atoms. The van der Waals surface area contributed by atoms with Crippen LogP contribution < -0.4 is 0 Å². The van der Waals surface area contributed by atoms with E-state index in [9.17, 15) is 43.2 Å². The van der Waals surface area contributed by atoms with Gasteiger partial charge in [-0.05, 0) is 43.4 Å². The van der Waals surface area contributed by atoms with E-state index >= 15 is 0 Å². The first-order valence-electron chi connectivity index (χ1n) is 45.4. The van der Waals surface area contributed by atoms with Crippen molar-refractivity contribution in [2.45, 2.75) is 484 Å². The third-order valence-electron chi connectivity index (χ3n) is 21.0. The molecule has 0 aromatic rings. The molecule has 19 heteroatoms. The molecule has 0 aliphatic heterocycles. The highest BCUT2D eigenvalue weighted by Crippen LogP contribution is 2.45. The average Bonchev–Trinajstić information content (AvgIpc) is 0.901. The maximum Gasteiger partial charge on any atom is 0.472 e. The number of aliphatic hydroxyl groups is 1. The van der Waals surface area contributed by atoms with E-state index in [0.29, 0.717) is 31.6 Å². The van der Waals surface area contributed by atoms with Gasteiger partial charge < -0.3 is 33.8 Å². The predicted molar refractivity (Wildman–Crippen MR) is 441 cm³/mol. The van der Waals surface area contributed by atoms with Crippen LogP contribution in [0, 0.1) is 17.8 Å². The van der Waals surface area contributed by atoms with E-state index in [1.807, 2.05) is 0 Å². The molecule has 0 aromatic heterocycles. The van der Waals surface area contributed by atoms with Crippen LogP contribution in [0.15, 0.2) is 0 Å². The van der Waals surface area contributed by atoms with Gasteiger partial charge >= 0.3 is 39.5 Å². The molecule has 0 rings (SSSR count). The molecular formula is C88H172O17P2. The smallest absolute Gasteiger partial charge is 0.462 e. The summed E-state index contributed by atoms with van der Waals surface area (Å²) in [6, 6.07) is 0. The first-order valence-corrected chi connectivity index (χ1v) is 48.4. The van der Waals surface area contributed by atoms with Gasteiger partial charge in [0.15, 0.2) is 12.2 Å². The van der Waals surface area contributed by atoms with Crippen molar-refractivity contribution in [1.29, 1.82) is 0 Å². The Balaban J connectivity index is 5.20. The lowest BCUT2D eigenvalue weighted by Crippen LogP contribution is -2.30. The van der Waals surface area contributed by atoms with Crippen molar-refractivity contribution in [2.75, 3.05) is 39.6 Å². The number of esters is 4. The second kappa shape index (κ2) is 78.0. The number of hydrogen-bond donors (Lipinski definition) is 3. The second-order valence-corrected chi connectivity index (χ2v) is 35.7. The van der Waals surface area contributed by atoms with Crippen molar-refractivity contribution >= 4 is 39.5 Å². The van der Waals surface area contributed by atoms with Crippen LogP contribution in [0.2, 0.25) is 0 Å². The zero-order chi connectivity index (χ0) is 78.6. The number of hydrogen-bond acceptors (Lipinski definition) is 15. The Morgan fingerprint density at radius 3 is 0.710 bits per heavy atom. The molecule has 107 heavy (non-hydrogen) atoms. The SMILES string of the molecule is CCCCCCCCCCCCCCCCCCCCC(=O)O[C@H](COC(=O)CCCCCCCCC(C)C)COP(=O)(O)OC[C@H](O)COP(=O)(O)OC[C@@H](COC(=O)CCCCCCCCCCCCCCCCCC(C)C)OC(=O)CCCCCCCCCCCCCCCCCCCCC(C)CC. The van der Waals surface area contributed by atoms with E-state index in [1.165, 1.54) is 270 Å². The summed E-state index contributed by atoms with van der Waals surface area (Å²) >= 11 is 0. The van der Waals surface area contributed by atoms with E-state index in [1.54, 1.807) is 0 Å². The Kier molecular flexibility index (Phi) is 76.6. The van der Waals surface area contributed by atoms with Gasteiger partial charge in [0.05, 0.1) is 26.4 Å². The fourth-order valence-electron chi connectivity index (χ4n) is 13.7. The van der Waals surface area contributed by atoms with Gasteiger partial charge in [-0.25, -0.2) is 9.13 Å². The summed E-state index contributed by atoms with van der Waals surface area (Å²) in [7, 11) is -9.93. The van der Waals surface area contributed by atoms with Gasteiger partial charge in [-0.1, -0.05) is 414 Å². The largest absolute Gasteiger partial charge is 0.472 e. The quantitative estimate of drug-likeness (QED) is 0.0222. The highest BCUT2D eigenvalue weighted by atomic mass is 31.2. The van der Waals surface area contributed by atoms with Crippen LogP contribution in [-0.4, -0.2) is 96.7 Å². The molecule has 0 saturated heterocycles. The van der Waals surface area contributed by atoms with Crippen molar-refractivity contribution in [3.8, 4) is 0 Å². The van der Waals surface area contributed by atoms with Crippen molar-refractivity contribution in [3.63, 3.8) is 0 Å². The van der Waals surface area contributed by atoms with Crippen LogP contribution in [0.1, 0.15) is 466 Å². The van der Waals surface area contributed by atoms with Gasteiger partial charge in [-0.3, -0.25) is 37.3 Å². The molecule has 0 fully saturated rings. The molecule has 0 saturated carbocycles. The van der Waals surface area contributed by atoms with Crippen LogP contribution in [-0.2, 0) is 65.4 Å². The summed E-state index contributed by atoms with van der Waals surface area (Å²) in [4.78, 5) is 73.2. The molecule has 0 spiro atoms. The Morgan fingerprint density at radius 1 is 0.271 bits per heavy atom. The third kappa shape index (κ3) is 80.5. The Labute approximate surface area is 658 Å². The minimum absolute atomic E-state index is 0.108. The summed E-state index contributed by atoms with van der Waals surface area (Å²) in [5, 5.41) is 10.7. The fraction of sp³-hybridized carbons (Fsp3) is 0.955. The molecule has 0 amide bonds. The number of carbonyl (C=O) groups excluding carboxylic acids is 4. The van der Waals surface area contributed by atoms with Crippen molar-refractivity contribution in [1.82, 2.24) is 0 Å². The van der Waals surface area contributed by atoms with Gasteiger partial charge in [0, 0.05) is 25.7 Å². The van der Waals surface area contributed by atoms with Crippen LogP contribution >= 0.6 is 15.6 Å². The van der Waals surface area contributed by atoms with Gasteiger partial charge in [0.25, 0.3) is 0 Å². The average molecular weight is 1560 g/mol. The minimum atomic E-state index is -4.97. The molecule has 6 atom stereocenters. The molecule has 3 unspecified atom stereocenters. The molecule has 0 aliphatic rings. The normalized spacial score (nSPS) is 14.1. The lowest BCUT2D eigenvalue weighted by molar-refractivity contribution is -0.161. The van der Waals surface area contributed by atoms with Crippen molar-refractivity contribution in [3.05, 3.63) is 0 Å². The van der Waals surface area contributed by atoms with Gasteiger partial charge in [-0.15, -0.1) is 0 Å².